The zero-order valence-electron chi connectivity index (χ0n) is 13.4. The summed E-state index contributed by atoms with van der Waals surface area (Å²) in [5.41, 5.74) is 0. The number of aryl methyl sites for hydroxylation is 1. The highest BCUT2D eigenvalue weighted by Gasteiger charge is 2.37. The number of rotatable bonds is 6. The van der Waals surface area contributed by atoms with Crippen molar-refractivity contribution in [3.63, 3.8) is 0 Å². The molecule has 0 unspecified atom stereocenters. The molecular weight excluding hydrogens is 316 g/mol. The van der Waals surface area contributed by atoms with Gasteiger partial charge in [0.25, 0.3) is 10.2 Å². The van der Waals surface area contributed by atoms with Gasteiger partial charge in [-0.05, 0) is 31.9 Å². The Bertz CT molecular complexity index is 739. The van der Waals surface area contributed by atoms with Gasteiger partial charge < -0.3 is 8.98 Å². The molecule has 0 saturated carbocycles. The van der Waals surface area contributed by atoms with Crippen molar-refractivity contribution in [1.29, 1.82) is 0 Å². The summed E-state index contributed by atoms with van der Waals surface area (Å²) in [5, 5.41) is 0. The summed E-state index contributed by atoms with van der Waals surface area (Å²) in [7, 11) is -1.91. The van der Waals surface area contributed by atoms with Gasteiger partial charge in [0.05, 0.1) is 12.9 Å². The topological polar surface area (TPSA) is 71.6 Å². The van der Waals surface area contributed by atoms with Crippen LogP contribution in [0, 0.1) is 6.92 Å². The maximum absolute atomic E-state index is 12.9. The molecule has 3 heterocycles. The molecule has 0 radical (unpaired) electrons. The summed E-state index contributed by atoms with van der Waals surface area (Å²) >= 11 is 0. The average Bonchev–Trinajstić information content (AvgIpc) is 3.22. The number of furan rings is 1. The molecule has 126 valence electrons. The van der Waals surface area contributed by atoms with Crippen molar-refractivity contribution in [3.05, 3.63) is 42.4 Å². The molecule has 2 aromatic heterocycles. The third-order valence-electron chi connectivity index (χ3n) is 4.17. The second-order valence-electron chi connectivity index (χ2n) is 5.94. The molecule has 0 spiro atoms. The van der Waals surface area contributed by atoms with Crippen molar-refractivity contribution < 1.29 is 12.8 Å². The average molecular weight is 338 g/mol. The molecular formula is C15H22N4O3S. The standard InChI is InChI=1S/C15H22N4O3S/c1-13-5-6-15(22-13)11-17(2)23(20,21)19-8-3-4-14(19)10-18-9-7-16-12-18/h5-7,9,12,14H,3-4,8,10-11H2,1-2H3/t14-/m0/s1. The molecule has 1 aliphatic heterocycles. The van der Waals surface area contributed by atoms with Gasteiger partial charge in [0.1, 0.15) is 11.5 Å². The predicted octanol–water partition coefficient (Wildman–Crippen LogP) is 1.63. The van der Waals surface area contributed by atoms with E-state index in [2.05, 4.69) is 4.98 Å². The lowest BCUT2D eigenvalue weighted by Crippen LogP contribution is -2.45. The Labute approximate surface area is 136 Å². The number of nitrogens with zero attached hydrogens (tertiary/aromatic N) is 4. The summed E-state index contributed by atoms with van der Waals surface area (Å²) < 4.78 is 36.1. The lowest BCUT2D eigenvalue weighted by molar-refractivity contribution is 0.309. The second-order valence-corrected chi connectivity index (χ2v) is 7.93. The zero-order chi connectivity index (χ0) is 16.4. The smallest absolute Gasteiger partial charge is 0.282 e. The van der Waals surface area contributed by atoms with Crippen LogP contribution in [0.2, 0.25) is 0 Å². The number of hydrogen-bond acceptors (Lipinski definition) is 4. The summed E-state index contributed by atoms with van der Waals surface area (Å²) in [6.07, 6.45) is 7.04. The van der Waals surface area contributed by atoms with Crippen molar-refractivity contribution in [3.8, 4) is 0 Å². The number of aromatic nitrogens is 2. The molecule has 3 rings (SSSR count). The fourth-order valence-corrected chi connectivity index (χ4v) is 4.54. The second kappa shape index (κ2) is 6.46. The summed E-state index contributed by atoms with van der Waals surface area (Å²) in [6.45, 7) is 3.28. The van der Waals surface area contributed by atoms with Gasteiger partial charge in [-0.1, -0.05) is 0 Å². The first-order chi connectivity index (χ1) is 11.0. The van der Waals surface area contributed by atoms with Crippen LogP contribution in [0.1, 0.15) is 24.4 Å². The van der Waals surface area contributed by atoms with Crippen molar-refractivity contribution >= 4 is 10.2 Å². The normalized spacial score (nSPS) is 19.7. The highest BCUT2D eigenvalue weighted by atomic mass is 32.2. The molecule has 0 aliphatic carbocycles. The molecule has 1 fully saturated rings. The third-order valence-corrected chi connectivity index (χ3v) is 6.16. The fourth-order valence-electron chi connectivity index (χ4n) is 2.98. The van der Waals surface area contributed by atoms with Gasteiger partial charge in [-0.3, -0.25) is 0 Å². The van der Waals surface area contributed by atoms with Crippen molar-refractivity contribution in [2.75, 3.05) is 13.6 Å². The SMILES string of the molecule is Cc1ccc(CN(C)S(=O)(=O)N2CCC[C@H]2Cn2ccnc2)o1. The molecule has 23 heavy (non-hydrogen) atoms. The van der Waals surface area contributed by atoms with Crippen LogP contribution >= 0.6 is 0 Å². The van der Waals surface area contributed by atoms with Crippen LogP contribution in [-0.2, 0) is 23.3 Å². The van der Waals surface area contributed by atoms with E-state index in [1.54, 1.807) is 23.9 Å². The quantitative estimate of drug-likeness (QED) is 0.802. The Morgan fingerprint density at radius 2 is 2.26 bits per heavy atom. The van der Waals surface area contributed by atoms with Crippen LogP contribution in [0.15, 0.2) is 35.3 Å². The van der Waals surface area contributed by atoms with Crippen LogP contribution < -0.4 is 0 Å². The molecule has 0 N–H and O–H groups in total. The lowest BCUT2D eigenvalue weighted by Gasteiger charge is -2.28. The fraction of sp³-hybridized carbons (Fsp3) is 0.533. The molecule has 1 aliphatic rings. The van der Waals surface area contributed by atoms with Gasteiger partial charge in [0.15, 0.2) is 0 Å². The van der Waals surface area contributed by atoms with Gasteiger partial charge in [-0.15, -0.1) is 0 Å². The summed E-state index contributed by atoms with van der Waals surface area (Å²) in [6, 6.07) is 3.62. The van der Waals surface area contributed by atoms with E-state index in [0.717, 1.165) is 18.6 Å². The maximum atomic E-state index is 12.9. The van der Waals surface area contributed by atoms with E-state index < -0.39 is 10.2 Å². The van der Waals surface area contributed by atoms with E-state index in [-0.39, 0.29) is 12.6 Å². The van der Waals surface area contributed by atoms with E-state index in [0.29, 0.717) is 18.8 Å². The molecule has 1 saturated heterocycles. The highest BCUT2D eigenvalue weighted by molar-refractivity contribution is 7.86. The van der Waals surface area contributed by atoms with Crippen LogP contribution in [-0.4, -0.2) is 46.2 Å². The molecule has 0 bridgehead atoms. The summed E-state index contributed by atoms with van der Waals surface area (Å²) in [4.78, 5) is 4.02. The minimum absolute atomic E-state index is 0.0324. The van der Waals surface area contributed by atoms with E-state index in [9.17, 15) is 8.42 Å². The van der Waals surface area contributed by atoms with E-state index in [1.165, 1.54) is 4.31 Å². The van der Waals surface area contributed by atoms with E-state index >= 15 is 0 Å². The number of hydrogen-bond donors (Lipinski definition) is 0. The molecule has 2 aromatic rings. The molecule has 0 amide bonds. The van der Waals surface area contributed by atoms with Gasteiger partial charge in [0, 0.05) is 38.6 Å². The minimum atomic E-state index is -3.51. The Morgan fingerprint density at radius 1 is 1.43 bits per heavy atom. The first-order valence-electron chi connectivity index (χ1n) is 7.71. The van der Waals surface area contributed by atoms with Crippen molar-refractivity contribution in [1.82, 2.24) is 18.2 Å². The molecule has 0 aromatic carbocycles. The van der Waals surface area contributed by atoms with Crippen LogP contribution in [0.4, 0.5) is 0 Å². The molecule has 7 nitrogen and oxygen atoms in total. The zero-order valence-corrected chi connectivity index (χ0v) is 14.2. The van der Waals surface area contributed by atoms with Crippen LogP contribution in [0.5, 0.6) is 0 Å². The monoisotopic (exact) mass is 338 g/mol. The van der Waals surface area contributed by atoms with Gasteiger partial charge in [-0.2, -0.15) is 17.0 Å². The molecule has 8 heteroatoms. The first kappa shape index (κ1) is 16.2. The third kappa shape index (κ3) is 3.49. The minimum Gasteiger partial charge on any atom is -0.465 e. The Morgan fingerprint density at radius 3 is 2.91 bits per heavy atom. The van der Waals surface area contributed by atoms with Gasteiger partial charge >= 0.3 is 0 Å². The van der Waals surface area contributed by atoms with Crippen molar-refractivity contribution in [2.24, 2.45) is 0 Å². The Balaban J connectivity index is 1.72. The summed E-state index contributed by atoms with van der Waals surface area (Å²) in [5.74, 6) is 1.43. The maximum Gasteiger partial charge on any atom is 0.282 e. The molecule has 1 atom stereocenters. The Hall–Kier alpha value is -1.64. The van der Waals surface area contributed by atoms with Crippen molar-refractivity contribution in [2.45, 2.75) is 38.9 Å². The van der Waals surface area contributed by atoms with Crippen LogP contribution in [0.3, 0.4) is 0 Å². The lowest BCUT2D eigenvalue weighted by atomic mass is 10.2. The van der Waals surface area contributed by atoms with Crippen LogP contribution in [0.25, 0.3) is 0 Å². The van der Waals surface area contributed by atoms with Gasteiger partial charge in [0.2, 0.25) is 0 Å². The van der Waals surface area contributed by atoms with E-state index in [1.807, 2.05) is 29.8 Å². The van der Waals surface area contributed by atoms with E-state index in [4.69, 9.17) is 4.42 Å². The predicted molar refractivity (Wildman–Crippen MR) is 85.8 cm³/mol. The highest BCUT2D eigenvalue weighted by Crippen LogP contribution is 2.25. The Kier molecular flexibility index (Phi) is 4.56. The first-order valence-corrected chi connectivity index (χ1v) is 9.10. The largest absolute Gasteiger partial charge is 0.465 e. The van der Waals surface area contributed by atoms with Gasteiger partial charge in [-0.25, -0.2) is 4.98 Å². The number of imidazole rings is 1.